The molecule has 0 aromatic heterocycles. The first-order valence-electron chi connectivity index (χ1n) is 11.7. The molecule has 1 N–H and O–H groups in total. The highest BCUT2D eigenvalue weighted by atomic mass is 32.2. The molecular formula is C27H26F3NO4S. The van der Waals surface area contributed by atoms with Gasteiger partial charge in [0, 0.05) is 23.4 Å². The molecule has 9 heteroatoms. The number of rotatable bonds is 8. The van der Waals surface area contributed by atoms with Crippen molar-refractivity contribution in [2.24, 2.45) is 0 Å². The summed E-state index contributed by atoms with van der Waals surface area (Å²) in [6.07, 6.45) is 2.42. The molecule has 0 aliphatic heterocycles. The van der Waals surface area contributed by atoms with E-state index >= 15 is 0 Å². The van der Waals surface area contributed by atoms with E-state index in [1.807, 2.05) is 0 Å². The fourth-order valence-electron chi connectivity index (χ4n) is 4.48. The third-order valence-corrected chi connectivity index (χ3v) is 8.13. The number of benzene rings is 3. The monoisotopic (exact) mass is 517 g/mol. The molecule has 1 fully saturated rings. The molecule has 190 valence electrons. The van der Waals surface area contributed by atoms with E-state index in [4.69, 9.17) is 4.74 Å². The Morgan fingerprint density at radius 1 is 0.944 bits per heavy atom. The number of hydrogen-bond donors (Lipinski definition) is 1. The van der Waals surface area contributed by atoms with Crippen LogP contribution in [0.3, 0.4) is 0 Å². The second kappa shape index (κ2) is 10.3. The summed E-state index contributed by atoms with van der Waals surface area (Å²) in [5.74, 6) is -2.67. The topological polar surface area (TPSA) is 72.5 Å². The third-order valence-electron chi connectivity index (χ3n) is 6.38. The number of ether oxygens (including phenoxy) is 1. The number of hydrogen-bond acceptors (Lipinski definition) is 4. The average Bonchev–Trinajstić information content (AvgIpc) is 3.30. The molecule has 0 heterocycles. The molecule has 0 atom stereocenters. The van der Waals surface area contributed by atoms with E-state index in [0.717, 1.165) is 31.0 Å². The van der Waals surface area contributed by atoms with Gasteiger partial charge in [0.2, 0.25) is 5.91 Å². The average molecular weight is 518 g/mol. The predicted octanol–water partition coefficient (Wildman–Crippen LogP) is 5.93. The zero-order chi connectivity index (χ0) is 25.9. The Bertz CT molecular complexity index is 1370. The van der Waals surface area contributed by atoms with Gasteiger partial charge in [-0.25, -0.2) is 21.6 Å². The third kappa shape index (κ3) is 5.56. The molecule has 3 aromatic carbocycles. The van der Waals surface area contributed by atoms with Gasteiger partial charge in [0.15, 0.2) is 21.4 Å². The van der Waals surface area contributed by atoms with Crippen LogP contribution in [-0.2, 0) is 26.7 Å². The predicted molar refractivity (Wildman–Crippen MR) is 130 cm³/mol. The molecule has 3 aromatic rings. The summed E-state index contributed by atoms with van der Waals surface area (Å²) >= 11 is 0. The van der Waals surface area contributed by atoms with Crippen molar-refractivity contribution in [3.05, 3.63) is 89.2 Å². The Labute approximate surface area is 208 Å². The highest BCUT2D eigenvalue weighted by Crippen LogP contribution is 2.44. The van der Waals surface area contributed by atoms with Crippen molar-refractivity contribution in [1.82, 2.24) is 0 Å². The maximum Gasteiger partial charge on any atom is 0.228 e. The van der Waals surface area contributed by atoms with Gasteiger partial charge in [-0.3, -0.25) is 4.79 Å². The van der Waals surface area contributed by atoms with Crippen molar-refractivity contribution in [3.8, 4) is 5.75 Å². The molecule has 0 bridgehead atoms. The Balaban J connectivity index is 1.45. The van der Waals surface area contributed by atoms with Gasteiger partial charge in [-0.15, -0.1) is 0 Å². The molecule has 1 saturated carbocycles. The molecule has 0 spiro atoms. The van der Waals surface area contributed by atoms with Crippen LogP contribution < -0.4 is 10.1 Å². The molecule has 0 saturated heterocycles. The molecule has 0 unspecified atom stereocenters. The van der Waals surface area contributed by atoms with E-state index in [9.17, 15) is 26.4 Å². The minimum absolute atomic E-state index is 0.0158. The SMILES string of the molecule is CCS(=O)(=O)c1ccc(CC(=O)Nc2ccc(OC3(c4ccc(F)cc4F)CCCC3)c(F)c2)cc1. The van der Waals surface area contributed by atoms with Crippen LogP contribution in [0, 0.1) is 17.5 Å². The van der Waals surface area contributed by atoms with Crippen LogP contribution in [0.2, 0.25) is 0 Å². The van der Waals surface area contributed by atoms with Crippen LogP contribution in [0.4, 0.5) is 18.9 Å². The molecule has 1 amide bonds. The van der Waals surface area contributed by atoms with E-state index < -0.39 is 38.8 Å². The molecule has 0 radical (unpaired) electrons. The smallest absolute Gasteiger partial charge is 0.228 e. The van der Waals surface area contributed by atoms with Crippen LogP contribution in [0.15, 0.2) is 65.6 Å². The zero-order valence-electron chi connectivity index (χ0n) is 19.7. The van der Waals surface area contributed by atoms with Crippen molar-refractivity contribution in [1.29, 1.82) is 0 Å². The summed E-state index contributed by atoms with van der Waals surface area (Å²) in [6, 6.07) is 13.3. The largest absolute Gasteiger partial charge is 0.479 e. The van der Waals surface area contributed by atoms with Gasteiger partial charge in [-0.1, -0.05) is 19.1 Å². The van der Waals surface area contributed by atoms with Crippen LogP contribution in [0.1, 0.15) is 43.7 Å². The zero-order valence-corrected chi connectivity index (χ0v) is 20.5. The Morgan fingerprint density at radius 3 is 2.25 bits per heavy atom. The lowest BCUT2D eigenvalue weighted by Crippen LogP contribution is -2.31. The van der Waals surface area contributed by atoms with Crippen molar-refractivity contribution >= 4 is 21.4 Å². The highest BCUT2D eigenvalue weighted by Gasteiger charge is 2.40. The second-order valence-corrected chi connectivity index (χ2v) is 11.1. The summed E-state index contributed by atoms with van der Waals surface area (Å²) < 4.78 is 72.7. The lowest BCUT2D eigenvalue weighted by molar-refractivity contribution is -0.115. The number of halogens is 3. The van der Waals surface area contributed by atoms with Crippen LogP contribution in [-0.4, -0.2) is 20.1 Å². The van der Waals surface area contributed by atoms with Crippen LogP contribution in [0.5, 0.6) is 5.75 Å². The standard InChI is InChI=1S/C27H26F3NO4S/c1-2-36(33,34)21-9-5-18(6-10-21)15-26(32)31-20-8-12-25(24(30)17-20)35-27(13-3-4-14-27)22-11-7-19(28)16-23(22)29/h5-12,16-17H,2-4,13-15H2,1H3,(H,31,32). The van der Waals surface area contributed by atoms with Crippen molar-refractivity contribution in [2.45, 2.75) is 49.5 Å². The van der Waals surface area contributed by atoms with Gasteiger partial charge in [0.25, 0.3) is 0 Å². The lowest BCUT2D eigenvalue weighted by atomic mass is 9.91. The van der Waals surface area contributed by atoms with Gasteiger partial charge in [0.1, 0.15) is 17.2 Å². The number of sulfone groups is 1. The van der Waals surface area contributed by atoms with Gasteiger partial charge in [0.05, 0.1) is 17.1 Å². The normalized spacial score (nSPS) is 15.0. The van der Waals surface area contributed by atoms with E-state index in [-0.39, 0.29) is 34.1 Å². The van der Waals surface area contributed by atoms with Crippen LogP contribution in [0.25, 0.3) is 0 Å². The molecule has 1 aliphatic carbocycles. The lowest BCUT2D eigenvalue weighted by Gasteiger charge is -2.31. The van der Waals surface area contributed by atoms with Gasteiger partial charge < -0.3 is 10.1 Å². The summed E-state index contributed by atoms with van der Waals surface area (Å²) in [7, 11) is -3.33. The Hall–Kier alpha value is -3.33. The molecule has 1 aliphatic rings. The van der Waals surface area contributed by atoms with E-state index in [2.05, 4.69) is 5.32 Å². The van der Waals surface area contributed by atoms with Crippen molar-refractivity contribution < 1.29 is 31.1 Å². The van der Waals surface area contributed by atoms with Crippen molar-refractivity contribution in [2.75, 3.05) is 11.1 Å². The van der Waals surface area contributed by atoms with E-state index in [1.165, 1.54) is 30.3 Å². The van der Waals surface area contributed by atoms with Gasteiger partial charge in [-0.05, 0) is 67.6 Å². The molecule has 36 heavy (non-hydrogen) atoms. The first kappa shape index (κ1) is 25.8. The maximum absolute atomic E-state index is 14.9. The van der Waals surface area contributed by atoms with Gasteiger partial charge >= 0.3 is 0 Å². The molecule has 5 nitrogen and oxygen atoms in total. The quantitative estimate of drug-likeness (QED) is 0.402. The second-order valence-electron chi connectivity index (χ2n) is 8.85. The Kier molecular flexibility index (Phi) is 7.40. The fraction of sp³-hybridized carbons (Fsp3) is 0.296. The first-order valence-corrected chi connectivity index (χ1v) is 13.3. The first-order chi connectivity index (χ1) is 17.1. The molecular weight excluding hydrogens is 491 g/mol. The minimum atomic E-state index is -3.33. The highest BCUT2D eigenvalue weighted by molar-refractivity contribution is 7.91. The maximum atomic E-state index is 14.9. The number of anilines is 1. The molecule has 4 rings (SSSR count). The van der Waals surface area contributed by atoms with E-state index in [0.29, 0.717) is 18.4 Å². The Morgan fingerprint density at radius 2 is 1.64 bits per heavy atom. The number of amides is 1. The summed E-state index contributed by atoms with van der Waals surface area (Å²) in [5.41, 5.74) is -0.0901. The van der Waals surface area contributed by atoms with E-state index in [1.54, 1.807) is 19.1 Å². The number of nitrogens with one attached hydrogen (secondary N) is 1. The summed E-state index contributed by atoms with van der Waals surface area (Å²) in [6.45, 7) is 1.56. The number of carbonyl (C=O) groups is 1. The van der Waals surface area contributed by atoms with Crippen molar-refractivity contribution in [3.63, 3.8) is 0 Å². The summed E-state index contributed by atoms with van der Waals surface area (Å²) in [5, 5.41) is 2.61. The minimum Gasteiger partial charge on any atom is -0.479 e. The van der Waals surface area contributed by atoms with Crippen LogP contribution >= 0.6 is 0 Å². The van der Waals surface area contributed by atoms with Gasteiger partial charge in [-0.2, -0.15) is 0 Å². The summed E-state index contributed by atoms with van der Waals surface area (Å²) in [4.78, 5) is 12.6. The fourth-order valence-corrected chi connectivity index (χ4v) is 5.36. The number of carbonyl (C=O) groups excluding carboxylic acids is 1.